The molecular formula is C10H17NO5S. The van der Waals surface area contributed by atoms with E-state index in [1.807, 2.05) is 0 Å². The average Bonchev–Trinajstić information content (AvgIpc) is 2.56. The van der Waals surface area contributed by atoms with Crippen molar-refractivity contribution in [2.45, 2.75) is 26.3 Å². The molecule has 1 saturated heterocycles. The molecule has 0 aromatic rings. The summed E-state index contributed by atoms with van der Waals surface area (Å²) < 4.78 is 22.6. The molecule has 0 saturated carbocycles. The zero-order valence-corrected chi connectivity index (χ0v) is 11.0. The Kier molecular flexibility index (Phi) is 3.52. The third kappa shape index (κ3) is 2.77. The predicted molar refractivity (Wildman–Crippen MR) is 61.2 cm³/mol. The van der Waals surface area contributed by atoms with E-state index in [0.717, 1.165) is 0 Å². The van der Waals surface area contributed by atoms with Crippen LogP contribution in [0.4, 0.5) is 0 Å². The molecule has 1 aliphatic rings. The summed E-state index contributed by atoms with van der Waals surface area (Å²) in [6.45, 7) is 2.63. The fraction of sp³-hybridized carbons (Fsp3) is 0.800. The van der Waals surface area contributed by atoms with E-state index in [1.54, 1.807) is 0 Å². The van der Waals surface area contributed by atoms with Crippen LogP contribution in [-0.4, -0.2) is 54.9 Å². The highest BCUT2D eigenvalue weighted by atomic mass is 32.2. The van der Waals surface area contributed by atoms with Crippen LogP contribution in [0, 0.1) is 5.41 Å². The Morgan fingerprint density at radius 1 is 1.35 bits per heavy atom. The van der Waals surface area contributed by atoms with Crippen molar-refractivity contribution in [3.8, 4) is 0 Å². The molecule has 98 valence electrons. The van der Waals surface area contributed by atoms with Crippen LogP contribution in [0.2, 0.25) is 0 Å². The van der Waals surface area contributed by atoms with Gasteiger partial charge in [-0.1, -0.05) is 0 Å². The first-order chi connectivity index (χ1) is 7.58. The smallest absolute Gasteiger partial charge is 0.318 e. The van der Waals surface area contributed by atoms with Crippen molar-refractivity contribution in [1.29, 1.82) is 0 Å². The van der Waals surface area contributed by atoms with Crippen molar-refractivity contribution in [2.75, 3.05) is 18.6 Å². The molecule has 0 spiro atoms. The van der Waals surface area contributed by atoms with Gasteiger partial charge in [0, 0.05) is 13.1 Å². The van der Waals surface area contributed by atoms with Gasteiger partial charge in [0.2, 0.25) is 5.91 Å². The number of carbonyl (C=O) groups excluding carboxylic acids is 1. The molecule has 7 heteroatoms. The maximum Gasteiger partial charge on any atom is 0.318 e. The van der Waals surface area contributed by atoms with Crippen LogP contribution >= 0.6 is 0 Å². The molecule has 1 heterocycles. The number of rotatable bonds is 3. The average molecular weight is 263 g/mol. The van der Waals surface area contributed by atoms with E-state index in [2.05, 4.69) is 0 Å². The summed E-state index contributed by atoms with van der Waals surface area (Å²) in [7, 11) is -1.62. The van der Waals surface area contributed by atoms with Gasteiger partial charge in [-0.15, -0.1) is 0 Å². The molecule has 1 fully saturated rings. The van der Waals surface area contributed by atoms with Crippen LogP contribution in [0.15, 0.2) is 0 Å². The summed E-state index contributed by atoms with van der Waals surface area (Å²) >= 11 is 0. The minimum absolute atomic E-state index is 0.0583. The predicted octanol–water partition coefficient (Wildman–Crippen LogP) is -0.257. The topological polar surface area (TPSA) is 91.8 Å². The van der Waals surface area contributed by atoms with E-state index in [4.69, 9.17) is 5.11 Å². The van der Waals surface area contributed by atoms with Crippen LogP contribution in [-0.2, 0) is 19.4 Å². The van der Waals surface area contributed by atoms with E-state index in [-0.39, 0.29) is 11.5 Å². The maximum absolute atomic E-state index is 12.0. The Hall–Kier alpha value is -1.11. The zero-order valence-electron chi connectivity index (χ0n) is 10.1. The van der Waals surface area contributed by atoms with E-state index < -0.39 is 33.2 Å². The highest BCUT2D eigenvalue weighted by Crippen LogP contribution is 2.23. The second kappa shape index (κ2) is 4.29. The fourth-order valence-electron chi connectivity index (χ4n) is 1.78. The molecule has 1 N–H and O–H groups in total. The largest absolute Gasteiger partial charge is 0.480 e. The summed E-state index contributed by atoms with van der Waals surface area (Å²) in [4.78, 5) is 24.1. The third-order valence-corrected chi connectivity index (χ3v) is 4.90. The summed E-state index contributed by atoms with van der Waals surface area (Å²) in [5.41, 5.74) is -1.53. The normalized spacial score (nSPS) is 23.4. The van der Waals surface area contributed by atoms with Crippen molar-refractivity contribution in [3.05, 3.63) is 0 Å². The molecular weight excluding hydrogens is 246 g/mol. The number of nitrogens with zero attached hydrogens (tertiary/aromatic N) is 1. The third-order valence-electron chi connectivity index (χ3n) is 3.15. The van der Waals surface area contributed by atoms with Crippen LogP contribution in [0.5, 0.6) is 0 Å². The van der Waals surface area contributed by atoms with E-state index in [9.17, 15) is 18.0 Å². The quantitative estimate of drug-likeness (QED) is 0.708. The van der Waals surface area contributed by atoms with Crippen molar-refractivity contribution < 1.29 is 23.1 Å². The Balaban J connectivity index is 2.82. The molecule has 0 aromatic heterocycles. The molecule has 17 heavy (non-hydrogen) atoms. The van der Waals surface area contributed by atoms with Crippen LogP contribution in [0.1, 0.15) is 20.3 Å². The minimum atomic E-state index is -3.08. The first kappa shape index (κ1) is 14.0. The summed E-state index contributed by atoms with van der Waals surface area (Å²) in [6, 6.07) is -0.411. The Labute approximate surface area is 101 Å². The maximum atomic E-state index is 12.0. The standard InChI is InChI=1S/C10H17NO5S/c1-10(2,9(13)14)8(12)11(3)7-4-5-17(15,16)6-7/h7H,4-6H2,1-3H3,(H,13,14). The number of hydrogen-bond donors (Lipinski definition) is 1. The number of carbonyl (C=O) groups is 2. The van der Waals surface area contributed by atoms with Gasteiger partial charge in [0.15, 0.2) is 9.84 Å². The van der Waals surface area contributed by atoms with Crippen LogP contribution < -0.4 is 0 Å². The summed E-state index contributed by atoms with van der Waals surface area (Å²) in [6.07, 6.45) is 0.375. The highest BCUT2D eigenvalue weighted by Gasteiger charge is 2.42. The van der Waals surface area contributed by atoms with Crippen LogP contribution in [0.3, 0.4) is 0 Å². The zero-order chi connectivity index (χ0) is 13.4. The van der Waals surface area contributed by atoms with E-state index in [0.29, 0.717) is 6.42 Å². The monoisotopic (exact) mass is 263 g/mol. The molecule has 1 amide bonds. The van der Waals surface area contributed by atoms with Crippen molar-refractivity contribution >= 4 is 21.7 Å². The van der Waals surface area contributed by atoms with Crippen LogP contribution in [0.25, 0.3) is 0 Å². The number of amides is 1. The van der Waals surface area contributed by atoms with Gasteiger partial charge in [-0.3, -0.25) is 9.59 Å². The van der Waals surface area contributed by atoms with Gasteiger partial charge in [-0.05, 0) is 20.3 Å². The molecule has 0 aromatic carbocycles. The van der Waals surface area contributed by atoms with Gasteiger partial charge in [0.05, 0.1) is 11.5 Å². The lowest BCUT2D eigenvalue weighted by molar-refractivity contribution is -0.158. The SMILES string of the molecule is CN(C(=O)C(C)(C)C(=O)O)C1CCS(=O)(=O)C1. The molecule has 1 rings (SSSR count). The molecule has 1 aliphatic heterocycles. The summed E-state index contributed by atoms with van der Waals surface area (Å²) in [5, 5.41) is 8.94. The highest BCUT2D eigenvalue weighted by molar-refractivity contribution is 7.91. The number of carboxylic acid groups (broad SMARTS) is 1. The number of aliphatic carboxylic acids is 1. The Bertz CT molecular complexity index is 440. The van der Waals surface area contributed by atoms with Gasteiger partial charge in [-0.2, -0.15) is 0 Å². The van der Waals surface area contributed by atoms with E-state index in [1.165, 1.54) is 25.8 Å². The van der Waals surface area contributed by atoms with Crippen molar-refractivity contribution in [2.24, 2.45) is 5.41 Å². The second-order valence-corrected chi connectivity index (χ2v) is 7.13. The lowest BCUT2D eigenvalue weighted by Crippen LogP contribution is -2.48. The minimum Gasteiger partial charge on any atom is -0.480 e. The lowest BCUT2D eigenvalue weighted by atomic mass is 9.91. The van der Waals surface area contributed by atoms with Crippen molar-refractivity contribution in [3.63, 3.8) is 0 Å². The molecule has 1 unspecified atom stereocenters. The van der Waals surface area contributed by atoms with Gasteiger partial charge < -0.3 is 10.0 Å². The summed E-state index contributed by atoms with van der Waals surface area (Å²) in [5.74, 6) is -1.80. The Morgan fingerprint density at radius 3 is 2.24 bits per heavy atom. The molecule has 0 bridgehead atoms. The van der Waals surface area contributed by atoms with Gasteiger partial charge >= 0.3 is 5.97 Å². The molecule has 0 radical (unpaired) electrons. The first-order valence-corrected chi connectivity index (χ1v) is 7.11. The molecule has 6 nitrogen and oxygen atoms in total. The first-order valence-electron chi connectivity index (χ1n) is 5.29. The molecule has 1 atom stereocenters. The lowest BCUT2D eigenvalue weighted by Gasteiger charge is -2.29. The van der Waals surface area contributed by atoms with E-state index >= 15 is 0 Å². The number of carboxylic acids is 1. The second-order valence-electron chi connectivity index (χ2n) is 4.90. The molecule has 0 aliphatic carbocycles. The van der Waals surface area contributed by atoms with Gasteiger partial charge in [0.25, 0.3) is 0 Å². The number of hydrogen-bond acceptors (Lipinski definition) is 4. The fourth-order valence-corrected chi connectivity index (χ4v) is 3.55. The Morgan fingerprint density at radius 2 is 1.88 bits per heavy atom. The number of sulfone groups is 1. The van der Waals surface area contributed by atoms with Crippen molar-refractivity contribution in [1.82, 2.24) is 4.90 Å². The van der Waals surface area contributed by atoms with Gasteiger partial charge in [0.1, 0.15) is 5.41 Å². The van der Waals surface area contributed by atoms with Gasteiger partial charge in [-0.25, -0.2) is 8.42 Å².